The number of hydrogen-bond acceptors (Lipinski definition) is 5. The molecule has 0 unspecified atom stereocenters. The lowest BCUT2D eigenvalue weighted by atomic mass is 10.2. The number of nitrogens with zero attached hydrogens (tertiary/aromatic N) is 3. The highest BCUT2D eigenvalue weighted by Gasteiger charge is 2.06. The van der Waals surface area contributed by atoms with Crippen molar-refractivity contribution in [3.63, 3.8) is 0 Å². The monoisotopic (exact) mass is 260 g/mol. The Hall–Kier alpha value is -2.44. The summed E-state index contributed by atoms with van der Waals surface area (Å²) in [5, 5.41) is 12.3. The van der Waals surface area contributed by atoms with Gasteiger partial charge in [0.2, 0.25) is 0 Å². The van der Waals surface area contributed by atoms with Crippen molar-refractivity contribution in [3.8, 4) is 0 Å². The van der Waals surface area contributed by atoms with Gasteiger partial charge in [0.15, 0.2) is 0 Å². The largest absolute Gasteiger partial charge is 0.370 e. The molecule has 0 atom stereocenters. The zero-order valence-electron chi connectivity index (χ0n) is 10.7. The molecule has 0 aliphatic rings. The van der Waals surface area contributed by atoms with Crippen molar-refractivity contribution in [2.75, 3.05) is 11.9 Å². The predicted octanol–water partition coefficient (Wildman–Crippen LogP) is 0.952. The van der Waals surface area contributed by atoms with Crippen LogP contribution in [0, 0.1) is 0 Å². The van der Waals surface area contributed by atoms with Crippen LogP contribution in [0.1, 0.15) is 29.5 Å². The number of hydrogen-bond donors (Lipinski definition) is 3. The van der Waals surface area contributed by atoms with Gasteiger partial charge in [0, 0.05) is 12.7 Å². The average molecular weight is 260 g/mol. The van der Waals surface area contributed by atoms with E-state index in [4.69, 9.17) is 0 Å². The fraction of sp³-hybridized carbons (Fsp3) is 0.333. The quantitative estimate of drug-likeness (QED) is 0.718. The molecule has 100 valence electrons. The molecule has 1 amide bonds. The van der Waals surface area contributed by atoms with Crippen molar-refractivity contribution < 1.29 is 4.79 Å². The van der Waals surface area contributed by atoms with Crippen molar-refractivity contribution in [1.29, 1.82) is 0 Å². The summed E-state index contributed by atoms with van der Waals surface area (Å²) < 4.78 is 0. The van der Waals surface area contributed by atoms with E-state index in [1.54, 1.807) is 18.3 Å². The Kier molecular flexibility index (Phi) is 4.44. The predicted molar refractivity (Wildman–Crippen MR) is 70.6 cm³/mol. The number of H-pyrrole nitrogens is 1. The van der Waals surface area contributed by atoms with Crippen LogP contribution < -0.4 is 10.6 Å². The number of anilines is 1. The van der Waals surface area contributed by atoms with E-state index in [1.165, 1.54) is 6.33 Å². The van der Waals surface area contributed by atoms with Crippen LogP contribution in [-0.2, 0) is 6.54 Å². The molecule has 0 radical (unpaired) electrons. The first kappa shape index (κ1) is 13.0. The maximum Gasteiger partial charge on any atom is 0.253 e. The number of carbonyl (C=O) groups is 1. The van der Waals surface area contributed by atoms with E-state index in [0.29, 0.717) is 17.9 Å². The summed E-state index contributed by atoms with van der Waals surface area (Å²) in [5.74, 6) is 1.20. The molecule has 19 heavy (non-hydrogen) atoms. The number of carbonyl (C=O) groups excluding carboxylic acids is 1. The van der Waals surface area contributed by atoms with Gasteiger partial charge in [0.1, 0.15) is 18.0 Å². The summed E-state index contributed by atoms with van der Waals surface area (Å²) in [4.78, 5) is 19.9. The van der Waals surface area contributed by atoms with E-state index in [9.17, 15) is 4.79 Å². The SMILES string of the molecule is CCCNc1ccc(C(=O)NCc2ncn[nH]2)cn1. The Morgan fingerprint density at radius 2 is 2.26 bits per heavy atom. The van der Waals surface area contributed by atoms with Gasteiger partial charge in [0.25, 0.3) is 5.91 Å². The molecule has 2 rings (SSSR count). The molecule has 0 saturated heterocycles. The van der Waals surface area contributed by atoms with Crippen LogP contribution in [0.25, 0.3) is 0 Å². The third-order valence-electron chi connectivity index (χ3n) is 2.46. The molecule has 2 aromatic heterocycles. The van der Waals surface area contributed by atoms with E-state index < -0.39 is 0 Å². The molecular weight excluding hydrogens is 244 g/mol. The molecule has 3 N–H and O–H groups in total. The first-order valence-electron chi connectivity index (χ1n) is 6.12. The first-order valence-corrected chi connectivity index (χ1v) is 6.12. The minimum Gasteiger partial charge on any atom is -0.370 e. The average Bonchev–Trinajstić information content (AvgIpc) is 2.96. The normalized spacial score (nSPS) is 10.2. The molecule has 0 aliphatic carbocycles. The van der Waals surface area contributed by atoms with Gasteiger partial charge in [0.05, 0.1) is 12.1 Å². The van der Waals surface area contributed by atoms with Crippen LogP contribution >= 0.6 is 0 Å². The summed E-state index contributed by atoms with van der Waals surface area (Å²) in [5.41, 5.74) is 0.515. The lowest BCUT2D eigenvalue weighted by Crippen LogP contribution is -2.23. The van der Waals surface area contributed by atoms with Crippen molar-refractivity contribution >= 4 is 11.7 Å². The van der Waals surface area contributed by atoms with E-state index >= 15 is 0 Å². The van der Waals surface area contributed by atoms with Gasteiger partial charge in [-0.15, -0.1) is 0 Å². The molecule has 2 heterocycles. The van der Waals surface area contributed by atoms with Crippen molar-refractivity contribution in [2.24, 2.45) is 0 Å². The van der Waals surface area contributed by atoms with Gasteiger partial charge in [-0.3, -0.25) is 9.89 Å². The van der Waals surface area contributed by atoms with Crippen molar-refractivity contribution in [2.45, 2.75) is 19.9 Å². The number of aromatic nitrogens is 4. The van der Waals surface area contributed by atoms with Gasteiger partial charge >= 0.3 is 0 Å². The third kappa shape index (κ3) is 3.77. The highest BCUT2D eigenvalue weighted by Crippen LogP contribution is 2.05. The molecule has 0 saturated carbocycles. The Balaban J connectivity index is 1.88. The van der Waals surface area contributed by atoms with Gasteiger partial charge in [-0.25, -0.2) is 9.97 Å². The highest BCUT2D eigenvalue weighted by molar-refractivity contribution is 5.93. The van der Waals surface area contributed by atoms with Crippen LogP contribution in [0.4, 0.5) is 5.82 Å². The van der Waals surface area contributed by atoms with Crippen LogP contribution in [0.3, 0.4) is 0 Å². The number of rotatable bonds is 6. The Morgan fingerprint density at radius 3 is 2.89 bits per heavy atom. The molecule has 2 aromatic rings. The minimum atomic E-state index is -0.189. The Labute approximate surface area is 110 Å². The van der Waals surface area contributed by atoms with Gasteiger partial charge < -0.3 is 10.6 Å². The molecule has 0 fully saturated rings. The summed E-state index contributed by atoms with van der Waals surface area (Å²) in [6, 6.07) is 3.53. The number of pyridine rings is 1. The van der Waals surface area contributed by atoms with Gasteiger partial charge in [-0.1, -0.05) is 6.92 Å². The maximum atomic E-state index is 11.8. The minimum absolute atomic E-state index is 0.189. The van der Waals surface area contributed by atoms with E-state index in [2.05, 4.69) is 37.7 Å². The first-order chi connectivity index (χ1) is 9.29. The van der Waals surface area contributed by atoms with E-state index in [1.807, 2.05) is 0 Å². The van der Waals surface area contributed by atoms with Gasteiger partial charge in [-0.2, -0.15) is 5.10 Å². The number of aromatic amines is 1. The summed E-state index contributed by atoms with van der Waals surface area (Å²) >= 11 is 0. The zero-order chi connectivity index (χ0) is 13.5. The summed E-state index contributed by atoms with van der Waals surface area (Å²) in [7, 11) is 0. The van der Waals surface area contributed by atoms with Crippen molar-refractivity contribution in [1.82, 2.24) is 25.5 Å². The lowest BCUT2D eigenvalue weighted by molar-refractivity contribution is 0.0949. The second-order valence-electron chi connectivity index (χ2n) is 3.97. The topological polar surface area (TPSA) is 95.6 Å². The Morgan fingerprint density at radius 1 is 1.37 bits per heavy atom. The number of nitrogens with one attached hydrogen (secondary N) is 3. The molecule has 0 spiro atoms. The molecular formula is C12H16N6O. The fourth-order valence-electron chi connectivity index (χ4n) is 1.47. The molecule has 0 aliphatic heterocycles. The highest BCUT2D eigenvalue weighted by atomic mass is 16.1. The van der Waals surface area contributed by atoms with Crippen LogP contribution in [0.2, 0.25) is 0 Å². The molecule has 0 aromatic carbocycles. The number of amides is 1. The summed E-state index contributed by atoms with van der Waals surface area (Å²) in [6.45, 7) is 3.26. The second kappa shape index (κ2) is 6.48. The molecule has 7 nitrogen and oxygen atoms in total. The van der Waals surface area contributed by atoms with Crippen molar-refractivity contribution in [3.05, 3.63) is 36.0 Å². The lowest BCUT2D eigenvalue weighted by Gasteiger charge is -2.05. The summed E-state index contributed by atoms with van der Waals surface area (Å²) in [6.07, 6.45) is 3.98. The molecule has 7 heteroatoms. The fourth-order valence-corrected chi connectivity index (χ4v) is 1.47. The molecule has 0 bridgehead atoms. The smallest absolute Gasteiger partial charge is 0.253 e. The second-order valence-corrected chi connectivity index (χ2v) is 3.97. The van der Waals surface area contributed by atoms with E-state index in [0.717, 1.165) is 18.8 Å². The maximum absolute atomic E-state index is 11.8. The van der Waals surface area contributed by atoms with Crippen LogP contribution in [0.15, 0.2) is 24.7 Å². The standard InChI is InChI=1S/C12H16N6O/c1-2-5-13-10-4-3-9(6-14-10)12(19)15-7-11-16-8-17-18-11/h3-4,6,8H,2,5,7H2,1H3,(H,13,14)(H,15,19)(H,16,17,18). The zero-order valence-corrected chi connectivity index (χ0v) is 10.7. The van der Waals surface area contributed by atoms with Crippen LogP contribution in [0.5, 0.6) is 0 Å². The van der Waals surface area contributed by atoms with Gasteiger partial charge in [-0.05, 0) is 18.6 Å². The third-order valence-corrected chi connectivity index (χ3v) is 2.46. The van der Waals surface area contributed by atoms with Crippen LogP contribution in [-0.4, -0.2) is 32.6 Å². The Bertz CT molecular complexity index is 508. The van der Waals surface area contributed by atoms with E-state index in [-0.39, 0.29) is 5.91 Å².